The van der Waals surface area contributed by atoms with Gasteiger partial charge in [0.05, 0.1) is 24.8 Å². The van der Waals surface area contributed by atoms with Crippen molar-refractivity contribution in [3.8, 4) is 0 Å². The van der Waals surface area contributed by atoms with Crippen LogP contribution in [0.15, 0.2) is 40.0 Å². The molecular weight excluding hydrogens is 488 g/mol. The lowest BCUT2D eigenvalue weighted by Gasteiger charge is -2.40. The van der Waals surface area contributed by atoms with Gasteiger partial charge in [0.2, 0.25) is 5.91 Å². The molecule has 2 amide bonds. The summed E-state index contributed by atoms with van der Waals surface area (Å²) in [4.78, 5) is 42.3. The average molecular weight is 523 g/mol. The van der Waals surface area contributed by atoms with Crippen molar-refractivity contribution < 1.29 is 14.3 Å². The molecule has 2 aliphatic rings. The van der Waals surface area contributed by atoms with E-state index in [2.05, 4.69) is 27.1 Å². The molecule has 37 heavy (non-hydrogen) atoms. The number of aryl methyl sites for hydroxylation is 1. The van der Waals surface area contributed by atoms with E-state index >= 15 is 0 Å². The van der Waals surface area contributed by atoms with Crippen molar-refractivity contribution in [1.82, 2.24) is 20.2 Å². The molecule has 0 radical (unpaired) electrons. The lowest BCUT2D eigenvalue weighted by molar-refractivity contribution is -0.133. The van der Waals surface area contributed by atoms with E-state index in [1.807, 2.05) is 50.4 Å². The molecule has 1 aromatic carbocycles. The van der Waals surface area contributed by atoms with Crippen LogP contribution in [0.3, 0.4) is 0 Å². The van der Waals surface area contributed by atoms with Gasteiger partial charge in [-0.25, -0.2) is 0 Å². The van der Waals surface area contributed by atoms with Gasteiger partial charge in [0.1, 0.15) is 0 Å². The Morgan fingerprint density at radius 3 is 2.62 bits per heavy atom. The van der Waals surface area contributed by atoms with Crippen molar-refractivity contribution in [1.29, 1.82) is 0 Å². The molecule has 3 N–H and O–H groups in total. The Morgan fingerprint density at radius 2 is 1.95 bits per heavy atom. The fraction of sp³-hybridized carbons (Fsp3) is 0.464. The van der Waals surface area contributed by atoms with Crippen molar-refractivity contribution in [3.63, 3.8) is 0 Å². The number of H-pyrrole nitrogens is 1. The Morgan fingerprint density at radius 1 is 1.22 bits per heavy atom. The molecule has 1 aliphatic heterocycles. The fourth-order valence-electron chi connectivity index (χ4n) is 5.61. The SMILES string of the molecule is CSc1cc(C)[nH]c(=O)c1CNC(=O)c1c(C)n([C@H](C)C2CC(C(=O)NC3COC3)C2)c2ccccc12. The Labute approximate surface area is 220 Å². The van der Waals surface area contributed by atoms with Crippen LogP contribution >= 0.6 is 11.8 Å². The van der Waals surface area contributed by atoms with Crippen LogP contribution in [0, 0.1) is 25.7 Å². The minimum atomic E-state index is -0.194. The van der Waals surface area contributed by atoms with Crippen molar-refractivity contribution in [2.75, 3.05) is 19.5 Å². The predicted molar refractivity (Wildman–Crippen MR) is 145 cm³/mol. The Hall–Kier alpha value is -3.04. The molecular formula is C28H34N4O4S. The lowest BCUT2D eigenvalue weighted by Crippen LogP contribution is -2.52. The number of fused-ring (bicyclic) bond motifs is 1. The second-order valence-corrected chi connectivity index (χ2v) is 11.1. The fourth-order valence-corrected chi connectivity index (χ4v) is 6.32. The number of hydrogen-bond donors (Lipinski definition) is 3. The molecule has 1 atom stereocenters. The summed E-state index contributed by atoms with van der Waals surface area (Å²) in [6.07, 6.45) is 3.60. The molecule has 1 aliphatic carbocycles. The monoisotopic (exact) mass is 522 g/mol. The first kappa shape index (κ1) is 25.6. The first-order chi connectivity index (χ1) is 17.8. The van der Waals surface area contributed by atoms with Crippen LogP contribution in [-0.2, 0) is 16.1 Å². The zero-order valence-electron chi connectivity index (χ0n) is 21.7. The van der Waals surface area contributed by atoms with E-state index < -0.39 is 0 Å². The molecule has 0 spiro atoms. The van der Waals surface area contributed by atoms with Gasteiger partial charge in [0.15, 0.2) is 0 Å². The third kappa shape index (κ3) is 4.82. The molecule has 8 nitrogen and oxygen atoms in total. The first-order valence-corrected chi connectivity index (χ1v) is 14.0. The molecule has 1 saturated heterocycles. The summed E-state index contributed by atoms with van der Waals surface area (Å²) in [5.74, 6) is 0.326. The molecule has 1 saturated carbocycles. The molecule has 3 heterocycles. The largest absolute Gasteiger partial charge is 0.377 e. The van der Waals surface area contributed by atoms with Crippen molar-refractivity contribution in [2.24, 2.45) is 11.8 Å². The van der Waals surface area contributed by atoms with Gasteiger partial charge < -0.3 is 24.9 Å². The predicted octanol–water partition coefficient (Wildman–Crippen LogP) is 3.70. The van der Waals surface area contributed by atoms with Crippen LogP contribution in [0.2, 0.25) is 0 Å². The number of aromatic nitrogens is 2. The second-order valence-electron chi connectivity index (χ2n) is 10.3. The van der Waals surface area contributed by atoms with Crippen LogP contribution in [0.25, 0.3) is 10.9 Å². The standard InChI is InChI=1S/C28H34N4O4S/c1-15-9-24(37-4)22(27(34)30-15)12-29-28(35)25-17(3)32(23-8-6-5-7-21(23)25)16(2)18-10-19(11-18)26(33)31-20-13-36-14-20/h5-9,16,18-20H,10-14H2,1-4H3,(H,29,35)(H,30,34)(H,31,33)/t16-,18?,19?/m1/s1. The number of carbonyl (C=O) groups is 2. The zero-order valence-corrected chi connectivity index (χ0v) is 22.5. The zero-order chi connectivity index (χ0) is 26.3. The number of aromatic amines is 1. The van der Waals surface area contributed by atoms with E-state index in [9.17, 15) is 14.4 Å². The summed E-state index contributed by atoms with van der Waals surface area (Å²) in [6.45, 7) is 7.38. The average Bonchev–Trinajstić information content (AvgIpc) is 3.10. The summed E-state index contributed by atoms with van der Waals surface area (Å²) in [5, 5.41) is 6.96. The first-order valence-electron chi connectivity index (χ1n) is 12.8. The topological polar surface area (TPSA) is 105 Å². The Balaban J connectivity index is 1.35. The van der Waals surface area contributed by atoms with Crippen LogP contribution in [0.4, 0.5) is 0 Å². The highest BCUT2D eigenvalue weighted by molar-refractivity contribution is 7.98. The highest BCUT2D eigenvalue weighted by Gasteiger charge is 2.40. The number of benzene rings is 1. The normalized spacial score (nSPS) is 20.2. The molecule has 2 fully saturated rings. The number of ether oxygens (including phenoxy) is 1. The van der Waals surface area contributed by atoms with Gasteiger partial charge >= 0.3 is 0 Å². The maximum Gasteiger partial charge on any atom is 0.254 e. The highest BCUT2D eigenvalue weighted by Crippen LogP contribution is 2.43. The van der Waals surface area contributed by atoms with Crippen LogP contribution in [0.1, 0.15) is 53.1 Å². The smallest absolute Gasteiger partial charge is 0.254 e. The maximum atomic E-state index is 13.5. The van der Waals surface area contributed by atoms with E-state index in [1.165, 1.54) is 11.8 Å². The number of para-hydroxylation sites is 1. The summed E-state index contributed by atoms with van der Waals surface area (Å²) in [7, 11) is 0. The van der Waals surface area contributed by atoms with E-state index in [0.29, 0.717) is 30.3 Å². The van der Waals surface area contributed by atoms with Gasteiger partial charge in [-0.15, -0.1) is 11.8 Å². The minimum Gasteiger partial charge on any atom is -0.377 e. The van der Waals surface area contributed by atoms with Gasteiger partial charge in [-0.3, -0.25) is 14.4 Å². The van der Waals surface area contributed by atoms with Gasteiger partial charge in [-0.1, -0.05) is 18.2 Å². The van der Waals surface area contributed by atoms with Crippen molar-refractivity contribution in [3.05, 3.63) is 63.2 Å². The lowest BCUT2D eigenvalue weighted by atomic mass is 9.71. The highest BCUT2D eigenvalue weighted by atomic mass is 32.2. The van der Waals surface area contributed by atoms with E-state index in [0.717, 1.165) is 40.0 Å². The van der Waals surface area contributed by atoms with Gasteiger partial charge in [-0.05, 0) is 57.9 Å². The second kappa shape index (κ2) is 10.4. The summed E-state index contributed by atoms with van der Waals surface area (Å²) >= 11 is 1.50. The third-order valence-corrected chi connectivity index (χ3v) is 8.68. The summed E-state index contributed by atoms with van der Waals surface area (Å²) in [6, 6.07) is 10.2. The van der Waals surface area contributed by atoms with Gasteiger partial charge in [-0.2, -0.15) is 0 Å². The van der Waals surface area contributed by atoms with E-state index in [-0.39, 0.29) is 41.9 Å². The molecule has 5 rings (SSSR count). The molecule has 3 aromatic rings. The number of thioether (sulfide) groups is 1. The number of nitrogens with one attached hydrogen (secondary N) is 3. The number of pyridine rings is 1. The Kier molecular flexibility index (Phi) is 7.18. The summed E-state index contributed by atoms with van der Waals surface area (Å²) < 4.78 is 7.40. The van der Waals surface area contributed by atoms with E-state index in [1.54, 1.807) is 0 Å². The van der Waals surface area contributed by atoms with Crippen LogP contribution in [-0.4, -0.2) is 46.9 Å². The quantitative estimate of drug-likeness (QED) is 0.391. The van der Waals surface area contributed by atoms with Crippen molar-refractivity contribution >= 4 is 34.5 Å². The number of rotatable bonds is 8. The van der Waals surface area contributed by atoms with Gasteiger partial charge in [0, 0.05) is 51.3 Å². The van der Waals surface area contributed by atoms with Crippen LogP contribution < -0.4 is 16.2 Å². The molecule has 9 heteroatoms. The van der Waals surface area contributed by atoms with E-state index in [4.69, 9.17) is 4.74 Å². The molecule has 0 bridgehead atoms. The molecule has 2 aromatic heterocycles. The van der Waals surface area contributed by atoms with Gasteiger partial charge in [0.25, 0.3) is 11.5 Å². The third-order valence-electron chi connectivity index (χ3n) is 7.88. The maximum absolute atomic E-state index is 13.5. The van der Waals surface area contributed by atoms with Crippen molar-refractivity contribution in [2.45, 2.75) is 57.1 Å². The molecule has 0 unspecified atom stereocenters. The summed E-state index contributed by atoms with van der Waals surface area (Å²) in [5.41, 5.74) is 3.73. The Bertz CT molecular complexity index is 1400. The molecule has 196 valence electrons. The number of nitrogens with zero attached hydrogens (tertiary/aromatic N) is 1. The number of hydrogen-bond acceptors (Lipinski definition) is 5. The number of amides is 2. The minimum absolute atomic E-state index is 0.0381. The number of carbonyl (C=O) groups excluding carboxylic acids is 2. The van der Waals surface area contributed by atoms with Crippen LogP contribution in [0.5, 0.6) is 0 Å².